The molecule has 0 fully saturated rings. The Morgan fingerprint density at radius 1 is 1.29 bits per heavy atom. The molecule has 0 bridgehead atoms. The zero-order valence-corrected chi connectivity index (χ0v) is 10.6. The number of aliphatic hydroxyl groups is 1. The van der Waals surface area contributed by atoms with Gasteiger partial charge in [0.2, 0.25) is 0 Å². The molecule has 0 saturated heterocycles. The molecular weight excluding hydrogens is 202 g/mol. The fourth-order valence-corrected chi connectivity index (χ4v) is 0.777. The molecule has 0 heterocycles. The highest BCUT2D eigenvalue weighted by Crippen LogP contribution is 2.06. The number of hydrogen-bond donors (Lipinski definition) is 2. The molecule has 0 amide bonds. The fraction of sp³-hybridized carbons (Fsp3) is 1.00. The lowest BCUT2D eigenvalue weighted by Crippen LogP contribution is -2.36. The van der Waals surface area contributed by atoms with Gasteiger partial charge in [0, 0.05) is 12.6 Å². The van der Waals surface area contributed by atoms with E-state index in [2.05, 4.69) is 19.2 Å². The van der Waals surface area contributed by atoms with Gasteiger partial charge in [-0.3, -0.25) is 0 Å². The van der Waals surface area contributed by atoms with Crippen LogP contribution in [0.3, 0.4) is 0 Å². The minimum atomic E-state index is -0.415. The minimum absolute atomic E-state index is 0. The van der Waals surface area contributed by atoms with Gasteiger partial charge < -0.3 is 15.2 Å². The number of hydrogen-bond acceptors (Lipinski definition) is 3. The van der Waals surface area contributed by atoms with Gasteiger partial charge in [-0.05, 0) is 20.8 Å². The van der Waals surface area contributed by atoms with Gasteiger partial charge in [0.15, 0.2) is 0 Å². The Labute approximate surface area is 93.6 Å². The van der Waals surface area contributed by atoms with Crippen LogP contribution < -0.4 is 5.32 Å². The molecule has 0 saturated carbocycles. The lowest BCUT2D eigenvalue weighted by molar-refractivity contribution is -0.0481. The van der Waals surface area contributed by atoms with Gasteiger partial charge in [-0.1, -0.05) is 13.8 Å². The number of halogens is 1. The van der Waals surface area contributed by atoms with Gasteiger partial charge in [0.05, 0.1) is 18.3 Å². The molecule has 0 aromatic rings. The summed E-state index contributed by atoms with van der Waals surface area (Å²) >= 11 is 0. The first-order chi connectivity index (χ1) is 5.81. The van der Waals surface area contributed by atoms with Crippen LogP contribution in [-0.2, 0) is 4.74 Å². The molecule has 0 spiro atoms. The van der Waals surface area contributed by atoms with Crippen molar-refractivity contribution < 1.29 is 9.84 Å². The first kappa shape index (κ1) is 16.6. The van der Waals surface area contributed by atoms with E-state index < -0.39 is 6.10 Å². The number of ether oxygens (including phenoxy) is 1. The molecule has 1 atom stereocenters. The van der Waals surface area contributed by atoms with Crippen molar-refractivity contribution in [3.8, 4) is 0 Å². The maximum atomic E-state index is 9.47. The molecule has 0 aromatic carbocycles. The second-order valence-corrected chi connectivity index (χ2v) is 4.64. The number of rotatable bonds is 5. The summed E-state index contributed by atoms with van der Waals surface area (Å²) < 4.78 is 5.43. The molecule has 0 aliphatic heterocycles. The maximum absolute atomic E-state index is 9.47. The lowest BCUT2D eigenvalue weighted by atomic mass is 10.2. The normalized spacial score (nSPS) is 13.9. The molecule has 2 N–H and O–H groups in total. The average Bonchev–Trinajstić information content (AvgIpc) is 1.95. The third-order valence-corrected chi connectivity index (χ3v) is 1.47. The van der Waals surface area contributed by atoms with Crippen LogP contribution in [0.2, 0.25) is 0 Å². The highest BCUT2D eigenvalue weighted by molar-refractivity contribution is 5.85. The first-order valence-corrected chi connectivity index (χ1v) is 4.86. The van der Waals surface area contributed by atoms with Crippen molar-refractivity contribution >= 4 is 12.4 Å². The molecule has 0 radical (unpaired) electrons. The van der Waals surface area contributed by atoms with Crippen LogP contribution in [0.5, 0.6) is 0 Å². The Morgan fingerprint density at radius 3 is 2.14 bits per heavy atom. The largest absolute Gasteiger partial charge is 0.389 e. The fourth-order valence-electron chi connectivity index (χ4n) is 0.777. The van der Waals surface area contributed by atoms with Crippen LogP contribution in [0, 0.1) is 0 Å². The summed E-state index contributed by atoms with van der Waals surface area (Å²) in [6.07, 6.45) is -0.415. The van der Waals surface area contributed by atoms with Crippen molar-refractivity contribution in [2.24, 2.45) is 0 Å². The summed E-state index contributed by atoms with van der Waals surface area (Å²) in [5.74, 6) is 0. The van der Waals surface area contributed by atoms with Crippen LogP contribution >= 0.6 is 12.4 Å². The molecule has 0 aliphatic rings. The zero-order chi connectivity index (χ0) is 10.5. The molecule has 0 rings (SSSR count). The van der Waals surface area contributed by atoms with Gasteiger partial charge in [0.25, 0.3) is 0 Å². The average molecular weight is 226 g/mol. The molecule has 3 nitrogen and oxygen atoms in total. The molecule has 88 valence electrons. The Morgan fingerprint density at radius 2 is 1.79 bits per heavy atom. The summed E-state index contributed by atoms with van der Waals surface area (Å²) in [4.78, 5) is 0. The van der Waals surface area contributed by atoms with Crippen molar-refractivity contribution in [3.63, 3.8) is 0 Å². The van der Waals surface area contributed by atoms with E-state index in [1.807, 2.05) is 20.8 Å². The van der Waals surface area contributed by atoms with E-state index in [9.17, 15) is 5.11 Å². The van der Waals surface area contributed by atoms with Crippen LogP contribution in [0.15, 0.2) is 0 Å². The molecule has 0 aliphatic carbocycles. The monoisotopic (exact) mass is 225 g/mol. The van der Waals surface area contributed by atoms with E-state index in [1.54, 1.807) is 0 Å². The van der Waals surface area contributed by atoms with Crippen molar-refractivity contribution in [3.05, 3.63) is 0 Å². The third kappa shape index (κ3) is 12.2. The smallest absolute Gasteiger partial charge is 0.0898 e. The third-order valence-electron chi connectivity index (χ3n) is 1.47. The van der Waals surface area contributed by atoms with E-state index in [4.69, 9.17) is 4.74 Å². The minimum Gasteiger partial charge on any atom is -0.389 e. The van der Waals surface area contributed by atoms with Crippen LogP contribution in [-0.4, -0.2) is 36.0 Å². The van der Waals surface area contributed by atoms with Crippen LogP contribution in [0.1, 0.15) is 34.6 Å². The second kappa shape index (κ2) is 7.46. The predicted molar refractivity (Wildman–Crippen MR) is 62.1 cm³/mol. The Balaban J connectivity index is 0. The van der Waals surface area contributed by atoms with E-state index in [0.29, 0.717) is 19.2 Å². The van der Waals surface area contributed by atoms with E-state index in [0.717, 1.165) is 0 Å². The van der Waals surface area contributed by atoms with Crippen molar-refractivity contribution in [2.75, 3.05) is 13.2 Å². The number of nitrogens with one attached hydrogen (secondary N) is 1. The quantitative estimate of drug-likeness (QED) is 0.747. The van der Waals surface area contributed by atoms with E-state index >= 15 is 0 Å². The van der Waals surface area contributed by atoms with Crippen LogP contribution in [0.4, 0.5) is 0 Å². The van der Waals surface area contributed by atoms with Crippen molar-refractivity contribution in [2.45, 2.75) is 52.4 Å². The highest BCUT2D eigenvalue weighted by Gasteiger charge is 2.13. The standard InChI is InChI=1S/C10H23NO2.ClH/c1-8(2)11-6-9(12)7-13-10(3,4)5;/h8-9,11-12H,6-7H2,1-5H3;1H. The lowest BCUT2D eigenvalue weighted by Gasteiger charge is -2.22. The summed E-state index contributed by atoms with van der Waals surface area (Å²) in [6, 6.07) is 0.407. The second-order valence-electron chi connectivity index (χ2n) is 4.64. The Hall–Kier alpha value is 0.170. The van der Waals surface area contributed by atoms with Gasteiger partial charge in [-0.25, -0.2) is 0 Å². The molecule has 0 aromatic heterocycles. The van der Waals surface area contributed by atoms with Crippen molar-refractivity contribution in [1.29, 1.82) is 0 Å². The predicted octanol–water partition coefficient (Wildman–Crippen LogP) is 1.58. The van der Waals surface area contributed by atoms with E-state index in [1.165, 1.54) is 0 Å². The van der Waals surface area contributed by atoms with Gasteiger partial charge in [-0.2, -0.15) is 0 Å². The summed E-state index contributed by atoms with van der Waals surface area (Å²) in [5.41, 5.74) is -0.168. The Kier molecular flexibility index (Phi) is 8.84. The highest BCUT2D eigenvalue weighted by atomic mass is 35.5. The van der Waals surface area contributed by atoms with Gasteiger partial charge >= 0.3 is 0 Å². The maximum Gasteiger partial charge on any atom is 0.0898 e. The summed E-state index contributed by atoms with van der Waals surface area (Å²) in [7, 11) is 0. The molecular formula is C10H24ClNO2. The van der Waals surface area contributed by atoms with E-state index in [-0.39, 0.29) is 18.0 Å². The van der Waals surface area contributed by atoms with Crippen molar-refractivity contribution in [1.82, 2.24) is 5.32 Å². The van der Waals surface area contributed by atoms with Gasteiger partial charge in [0.1, 0.15) is 0 Å². The Bertz CT molecular complexity index is 135. The summed E-state index contributed by atoms with van der Waals surface area (Å²) in [5, 5.41) is 12.6. The number of aliphatic hydroxyl groups excluding tert-OH is 1. The zero-order valence-electron chi connectivity index (χ0n) is 9.83. The molecule has 14 heavy (non-hydrogen) atoms. The van der Waals surface area contributed by atoms with Gasteiger partial charge in [-0.15, -0.1) is 12.4 Å². The SMILES string of the molecule is CC(C)NCC(O)COC(C)(C)C.Cl. The molecule has 1 unspecified atom stereocenters. The first-order valence-electron chi connectivity index (χ1n) is 4.86. The summed E-state index contributed by atoms with van der Waals surface area (Å²) in [6.45, 7) is 11.0. The molecule has 4 heteroatoms. The van der Waals surface area contributed by atoms with Crippen LogP contribution in [0.25, 0.3) is 0 Å². The topological polar surface area (TPSA) is 41.5 Å².